The second-order valence-electron chi connectivity index (χ2n) is 4.93. The van der Waals surface area contributed by atoms with E-state index in [0.29, 0.717) is 12.3 Å². The lowest BCUT2D eigenvalue weighted by atomic mass is 9.85. The van der Waals surface area contributed by atoms with Gasteiger partial charge in [0.1, 0.15) is 6.04 Å². The summed E-state index contributed by atoms with van der Waals surface area (Å²) in [7, 11) is 0. The molecule has 6 nitrogen and oxygen atoms in total. The third kappa shape index (κ3) is 4.62. The van der Waals surface area contributed by atoms with Gasteiger partial charge in [0.15, 0.2) is 0 Å². The Bertz CT molecular complexity index is 290. The third-order valence-corrected chi connectivity index (χ3v) is 3.46. The Hall–Kier alpha value is -1.14. The first kappa shape index (κ1) is 14.9. The number of piperidine rings is 1. The van der Waals surface area contributed by atoms with E-state index in [-0.39, 0.29) is 11.8 Å². The van der Waals surface area contributed by atoms with Crippen LogP contribution >= 0.6 is 0 Å². The number of aliphatic hydroxyl groups excluding tert-OH is 1. The molecule has 0 aromatic heterocycles. The normalized spacial score (nSPS) is 23.1. The molecule has 0 aromatic carbocycles. The van der Waals surface area contributed by atoms with Crippen molar-refractivity contribution in [1.29, 1.82) is 0 Å². The minimum absolute atomic E-state index is 0.214. The largest absolute Gasteiger partial charge is 0.480 e. The van der Waals surface area contributed by atoms with Crippen LogP contribution in [0.4, 0.5) is 0 Å². The summed E-state index contributed by atoms with van der Waals surface area (Å²) in [5, 5.41) is 23.2. The molecule has 1 heterocycles. The summed E-state index contributed by atoms with van der Waals surface area (Å²) in [5.74, 6) is -0.847. The van der Waals surface area contributed by atoms with Crippen LogP contribution in [-0.4, -0.2) is 47.8 Å². The number of carbonyl (C=O) groups is 2. The summed E-state index contributed by atoms with van der Waals surface area (Å²) in [6.45, 7) is 3.37. The van der Waals surface area contributed by atoms with Gasteiger partial charge < -0.3 is 20.8 Å². The van der Waals surface area contributed by atoms with Crippen LogP contribution < -0.4 is 10.6 Å². The molecule has 1 rings (SSSR count). The number of aliphatic carboxylic acids is 1. The fourth-order valence-corrected chi connectivity index (χ4v) is 2.26. The van der Waals surface area contributed by atoms with Gasteiger partial charge in [-0.3, -0.25) is 4.79 Å². The monoisotopic (exact) mass is 258 g/mol. The lowest BCUT2D eigenvalue weighted by molar-refractivity contribution is -0.143. The van der Waals surface area contributed by atoms with Crippen LogP contribution in [0.15, 0.2) is 0 Å². The first-order valence-electron chi connectivity index (χ1n) is 6.38. The van der Waals surface area contributed by atoms with Crippen molar-refractivity contribution in [3.8, 4) is 0 Å². The standard InChI is InChI=1S/C12H22N2O4/c1-8(9-3-2-4-13-6-9)5-11(16)14-10(7-15)12(17)18/h8-10,13,15H,2-7H2,1H3,(H,14,16)(H,17,18). The molecule has 0 saturated carbocycles. The maximum absolute atomic E-state index is 11.7. The van der Waals surface area contributed by atoms with Gasteiger partial charge in [0, 0.05) is 6.42 Å². The smallest absolute Gasteiger partial charge is 0.328 e. The number of aliphatic hydroxyl groups is 1. The van der Waals surface area contributed by atoms with Crippen LogP contribution in [0.1, 0.15) is 26.2 Å². The SMILES string of the molecule is CC(CC(=O)NC(CO)C(=O)O)C1CCCNC1. The predicted octanol–water partition coefficient (Wildman–Crippen LogP) is -0.426. The molecule has 1 amide bonds. The van der Waals surface area contributed by atoms with Gasteiger partial charge in [-0.1, -0.05) is 6.92 Å². The third-order valence-electron chi connectivity index (χ3n) is 3.46. The molecule has 0 aromatic rings. The number of hydrogen-bond donors (Lipinski definition) is 4. The molecule has 6 heteroatoms. The van der Waals surface area contributed by atoms with Crippen molar-refractivity contribution in [2.45, 2.75) is 32.2 Å². The van der Waals surface area contributed by atoms with Crippen molar-refractivity contribution < 1.29 is 19.8 Å². The van der Waals surface area contributed by atoms with Crippen molar-refractivity contribution in [1.82, 2.24) is 10.6 Å². The Balaban J connectivity index is 2.36. The number of carboxylic acid groups (broad SMARTS) is 1. The van der Waals surface area contributed by atoms with Gasteiger partial charge in [-0.2, -0.15) is 0 Å². The Morgan fingerprint density at radius 3 is 2.72 bits per heavy atom. The summed E-state index contributed by atoms with van der Waals surface area (Å²) in [6.07, 6.45) is 2.52. The van der Waals surface area contributed by atoms with Gasteiger partial charge in [-0.15, -0.1) is 0 Å². The molecule has 1 saturated heterocycles. The van der Waals surface area contributed by atoms with Crippen molar-refractivity contribution in [2.24, 2.45) is 11.8 Å². The van der Waals surface area contributed by atoms with E-state index in [1.807, 2.05) is 6.92 Å². The van der Waals surface area contributed by atoms with E-state index in [0.717, 1.165) is 25.9 Å². The molecule has 3 unspecified atom stereocenters. The van der Waals surface area contributed by atoms with Crippen molar-refractivity contribution >= 4 is 11.9 Å². The van der Waals surface area contributed by atoms with Gasteiger partial charge in [-0.05, 0) is 37.8 Å². The highest BCUT2D eigenvalue weighted by atomic mass is 16.4. The fraction of sp³-hybridized carbons (Fsp3) is 0.833. The van der Waals surface area contributed by atoms with Gasteiger partial charge >= 0.3 is 5.97 Å². The molecule has 3 atom stereocenters. The highest BCUT2D eigenvalue weighted by Gasteiger charge is 2.24. The van der Waals surface area contributed by atoms with E-state index in [2.05, 4.69) is 10.6 Å². The first-order chi connectivity index (χ1) is 8.54. The van der Waals surface area contributed by atoms with Crippen LogP contribution in [0.2, 0.25) is 0 Å². The van der Waals surface area contributed by atoms with Crippen LogP contribution in [0.5, 0.6) is 0 Å². The summed E-state index contributed by atoms with van der Waals surface area (Å²) < 4.78 is 0. The predicted molar refractivity (Wildman–Crippen MR) is 66.0 cm³/mol. The lowest BCUT2D eigenvalue weighted by Gasteiger charge is -2.28. The van der Waals surface area contributed by atoms with Gasteiger partial charge in [-0.25, -0.2) is 4.79 Å². The maximum Gasteiger partial charge on any atom is 0.328 e. The summed E-state index contributed by atoms with van der Waals surface area (Å²) >= 11 is 0. The summed E-state index contributed by atoms with van der Waals surface area (Å²) in [4.78, 5) is 22.3. The van der Waals surface area contributed by atoms with E-state index in [4.69, 9.17) is 10.2 Å². The molecule has 0 aliphatic carbocycles. The average molecular weight is 258 g/mol. The van der Waals surface area contributed by atoms with Gasteiger partial charge in [0.05, 0.1) is 6.61 Å². The molecule has 4 N–H and O–H groups in total. The van der Waals surface area contributed by atoms with E-state index in [1.165, 1.54) is 0 Å². The van der Waals surface area contributed by atoms with Crippen molar-refractivity contribution in [2.75, 3.05) is 19.7 Å². The lowest BCUT2D eigenvalue weighted by Crippen LogP contribution is -2.44. The number of nitrogens with one attached hydrogen (secondary N) is 2. The highest BCUT2D eigenvalue weighted by Crippen LogP contribution is 2.22. The quantitative estimate of drug-likeness (QED) is 0.518. The second-order valence-corrected chi connectivity index (χ2v) is 4.93. The second kappa shape index (κ2) is 7.33. The zero-order chi connectivity index (χ0) is 13.5. The van der Waals surface area contributed by atoms with E-state index < -0.39 is 18.6 Å². The van der Waals surface area contributed by atoms with Gasteiger partial charge in [0.2, 0.25) is 5.91 Å². The molecule has 0 radical (unpaired) electrons. The number of carboxylic acids is 1. The van der Waals surface area contributed by atoms with Crippen molar-refractivity contribution in [3.63, 3.8) is 0 Å². The Labute approximate surface area is 107 Å². The van der Waals surface area contributed by atoms with E-state index in [9.17, 15) is 9.59 Å². The Kier molecular flexibility index (Phi) is 6.07. The fourth-order valence-electron chi connectivity index (χ4n) is 2.26. The Morgan fingerprint density at radius 2 is 2.22 bits per heavy atom. The zero-order valence-electron chi connectivity index (χ0n) is 10.7. The summed E-state index contributed by atoms with van der Waals surface area (Å²) in [5.41, 5.74) is 0. The molecule has 1 fully saturated rings. The molecular weight excluding hydrogens is 236 g/mol. The number of rotatable bonds is 6. The minimum atomic E-state index is -1.21. The molecule has 104 valence electrons. The number of amides is 1. The topological polar surface area (TPSA) is 98.7 Å². The molecule has 1 aliphatic rings. The first-order valence-corrected chi connectivity index (χ1v) is 6.38. The summed E-state index contributed by atoms with van der Waals surface area (Å²) in [6, 6.07) is -1.20. The van der Waals surface area contributed by atoms with Gasteiger partial charge in [0.25, 0.3) is 0 Å². The Morgan fingerprint density at radius 1 is 1.50 bits per heavy atom. The molecule has 0 spiro atoms. The van der Waals surface area contributed by atoms with E-state index >= 15 is 0 Å². The number of hydrogen-bond acceptors (Lipinski definition) is 4. The number of carbonyl (C=O) groups excluding carboxylic acids is 1. The molecule has 0 bridgehead atoms. The van der Waals surface area contributed by atoms with Crippen LogP contribution in [0.3, 0.4) is 0 Å². The molecule has 1 aliphatic heterocycles. The highest BCUT2D eigenvalue weighted by molar-refractivity contribution is 5.83. The average Bonchev–Trinajstić information content (AvgIpc) is 2.36. The van der Waals surface area contributed by atoms with Crippen LogP contribution in [-0.2, 0) is 9.59 Å². The minimum Gasteiger partial charge on any atom is -0.480 e. The molecule has 18 heavy (non-hydrogen) atoms. The van der Waals surface area contributed by atoms with Crippen molar-refractivity contribution in [3.05, 3.63) is 0 Å². The van der Waals surface area contributed by atoms with Crippen LogP contribution in [0, 0.1) is 11.8 Å². The zero-order valence-corrected chi connectivity index (χ0v) is 10.7. The molecular formula is C12H22N2O4. The maximum atomic E-state index is 11.7. The van der Waals surface area contributed by atoms with E-state index in [1.54, 1.807) is 0 Å². The van der Waals surface area contributed by atoms with Crippen LogP contribution in [0.25, 0.3) is 0 Å².